The lowest BCUT2D eigenvalue weighted by Crippen LogP contribution is -2.22. The fraction of sp³-hybridized carbons (Fsp3) is 0.188. The number of aryl methyl sites for hydroxylation is 1. The first-order valence-corrected chi connectivity index (χ1v) is 8.20. The molecule has 22 heavy (non-hydrogen) atoms. The van der Waals surface area contributed by atoms with Crippen LogP contribution in [0.3, 0.4) is 0 Å². The zero-order valence-electron chi connectivity index (χ0n) is 12.7. The largest absolute Gasteiger partial charge is 0.345 e. The van der Waals surface area contributed by atoms with Crippen molar-refractivity contribution in [1.29, 1.82) is 0 Å². The maximum Gasteiger partial charge on any atom is 0.262 e. The minimum atomic E-state index is -3.75. The van der Waals surface area contributed by atoms with Crippen molar-refractivity contribution < 1.29 is 13.2 Å². The molecule has 1 N–H and O–H groups in total. The molecule has 0 heterocycles. The van der Waals surface area contributed by atoms with Crippen molar-refractivity contribution in [3.05, 3.63) is 59.7 Å². The van der Waals surface area contributed by atoms with Crippen LogP contribution in [0.5, 0.6) is 0 Å². The number of nitrogens with one attached hydrogen (secondary N) is 1. The van der Waals surface area contributed by atoms with Crippen molar-refractivity contribution in [3.8, 4) is 0 Å². The van der Waals surface area contributed by atoms with E-state index in [1.807, 2.05) is 0 Å². The van der Waals surface area contributed by atoms with E-state index in [4.69, 9.17) is 0 Å². The van der Waals surface area contributed by atoms with Crippen LogP contribution in [-0.2, 0) is 10.0 Å². The predicted molar refractivity (Wildman–Crippen MR) is 86.4 cm³/mol. The fourth-order valence-electron chi connectivity index (χ4n) is 2.00. The summed E-state index contributed by atoms with van der Waals surface area (Å²) in [6.45, 7) is 1.70. The summed E-state index contributed by atoms with van der Waals surface area (Å²) >= 11 is 0. The lowest BCUT2D eigenvalue weighted by atomic mass is 10.1. The fourth-order valence-corrected chi connectivity index (χ4v) is 3.33. The van der Waals surface area contributed by atoms with Crippen molar-refractivity contribution in [2.75, 3.05) is 18.8 Å². The SMILES string of the molecule is Cc1ccc(C(=O)N(C)C)cc1S(=O)(=O)Nc1ccccc1. The van der Waals surface area contributed by atoms with E-state index in [2.05, 4.69) is 4.72 Å². The van der Waals surface area contributed by atoms with Crippen LogP contribution in [0, 0.1) is 6.92 Å². The molecule has 2 aromatic carbocycles. The van der Waals surface area contributed by atoms with Crippen LogP contribution in [0.1, 0.15) is 15.9 Å². The summed E-state index contributed by atoms with van der Waals surface area (Å²) in [4.78, 5) is 13.5. The normalized spacial score (nSPS) is 11.0. The second-order valence-electron chi connectivity index (χ2n) is 5.15. The monoisotopic (exact) mass is 318 g/mol. The number of anilines is 1. The van der Waals surface area contributed by atoms with Gasteiger partial charge >= 0.3 is 0 Å². The van der Waals surface area contributed by atoms with Gasteiger partial charge in [-0.2, -0.15) is 0 Å². The smallest absolute Gasteiger partial charge is 0.262 e. The van der Waals surface area contributed by atoms with Gasteiger partial charge in [0.05, 0.1) is 4.90 Å². The molecule has 0 aromatic heterocycles. The first-order valence-electron chi connectivity index (χ1n) is 6.71. The highest BCUT2D eigenvalue weighted by Gasteiger charge is 2.19. The highest BCUT2D eigenvalue weighted by Crippen LogP contribution is 2.21. The topological polar surface area (TPSA) is 66.5 Å². The minimum absolute atomic E-state index is 0.101. The van der Waals surface area contributed by atoms with E-state index in [-0.39, 0.29) is 10.8 Å². The number of sulfonamides is 1. The van der Waals surface area contributed by atoms with Crippen molar-refractivity contribution in [3.63, 3.8) is 0 Å². The molecule has 0 aliphatic rings. The Bertz CT molecular complexity index is 784. The first-order chi connectivity index (χ1) is 10.3. The molecule has 0 aliphatic carbocycles. The summed E-state index contributed by atoms with van der Waals surface area (Å²) in [7, 11) is -0.499. The molecule has 2 aromatic rings. The third-order valence-corrected chi connectivity index (χ3v) is 4.68. The van der Waals surface area contributed by atoms with Crippen LogP contribution in [-0.4, -0.2) is 33.3 Å². The van der Waals surface area contributed by atoms with Gasteiger partial charge in [-0.1, -0.05) is 24.3 Å². The van der Waals surface area contributed by atoms with E-state index in [0.717, 1.165) is 0 Å². The molecule has 0 unspecified atom stereocenters. The number of amides is 1. The van der Waals surface area contributed by atoms with Crippen molar-refractivity contribution in [1.82, 2.24) is 4.90 Å². The zero-order valence-corrected chi connectivity index (χ0v) is 13.5. The molecule has 0 aliphatic heterocycles. The molecule has 116 valence electrons. The van der Waals surface area contributed by atoms with E-state index >= 15 is 0 Å². The molecule has 1 amide bonds. The van der Waals surface area contributed by atoms with Gasteiger partial charge in [-0.3, -0.25) is 9.52 Å². The Morgan fingerprint density at radius 3 is 2.27 bits per heavy atom. The molecular weight excluding hydrogens is 300 g/mol. The second kappa shape index (κ2) is 6.19. The lowest BCUT2D eigenvalue weighted by Gasteiger charge is -2.14. The first kappa shape index (κ1) is 16.0. The van der Waals surface area contributed by atoms with Crippen LogP contribution in [0.15, 0.2) is 53.4 Å². The number of para-hydroxylation sites is 1. The number of carbonyl (C=O) groups excluding carboxylic acids is 1. The van der Waals surface area contributed by atoms with Crippen molar-refractivity contribution in [2.45, 2.75) is 11.8 Å². The highest BCUT2D eigenvalue weighted by molar-refractivity contribution is 7.92. The van der Waals surface area contributed by atoms with Crippen molar-refractivity contribution in [2.24, 2.45) is 0 Å². The molecule has 5 nitrogen and oxygen atoms in total. The summed E-state index contributed by atoms with van der Waals surface area (Å²) < 4.78 is 27.6. The van der Waals surface area contributed by atoms with Gasteiger partial charge in [0.1, 0.15) is 0 Å². The quantitative estimate of drug-likeness (QED) is 0.942. The number of hydrogen-bond donors (Lipinski definition) is 1. The third kappa shape index (κ3) is 3.46. The van der Waals surface area contributed by atoms with Gasteiger partial charge in [-0.15, -0.1) is 0 Å². The second-order valence-corrected chi connectivity index (χ2v) is 6.80. The molecule has 0 saturated heterocycles. The van der Waals surface area contributed by atoms with Gasteiger partial charge < -0.3 is 4.90 Å². The molecular formula is C16H18N2O3S. The number of carbonyl (C=O) groups is 1. The van der Waals surface area contributed by atoms with Gasteiger partial charge in [-0.25, -0.2) is 8.42 Å². The van der Waals surface area contributed by atoms with Crippen LogP contribution in [0.25, 0.3) is 0 Å². The van der Waals surface area contributed by atoms with Gasteiger partial charge in [0.25, 0.3) is 15.9 Å². The Labute approximate surface area is 130 Å². The Hall–Kier alpha value is -2.34. The van der Waals surface area contributed by atoms with Crippen LogP contribution in [0.2, 0.25) is 0 Å². The summed E-state index contributed by atoms with van der Waals surface area (Å²) in [5.41, 5.74) is 1.40. The summed E-state index contributed by atoms with van der Waals surface area (Å²) in [5.74, 6) is -0.240. The number of benzene rings is 2. The standard InChI is InChI=1S/C16H18N2O3S/c1-12-9-10-13(16(19)18(2)3)11-15(12)22(20,21)17-14-7-5-4-6-8-14/h4-11,17H,1-3H3. The molecule has 0 atom stereocenters. The van der Waals surface area contributed by atoms with Gasteiger partial charge in [0, 0.05) is 25.3 Å². The molecule has 0 fully saturated rings. The van der Waals surface area contributed by atoms with E-state index in [9.17, 15) is 13.2 Å². The molecule has 0 saturated carbocycles. The number of hydrogen-bond acceptors (Lipinski definition) is 3. The van der Waals surface area contributed by atoms with Crippen LogP contribution >= 0.6 is 0 Å². The minimum Gasteiger partial charge on any atom is -0.345 e. The van der Waals surface area contributed by atoms with E-state index in [1.54, 1.807) is 63.5 Å². The Kier molecular flexibility index (Phi) is 4.51. The molecule has 0 spiro atoms. The van der Waals surface area contributed by atoms with Gasteiger partial charge in [0.15, 0.2) is 0 Å². The third-order valence-electron chi connectivity index (χ3n) is 3.16. The Balaban J connectivity index is 2.42. The van der Waals surface area contributed by atoms with Gasteiger partial charge in [0.2, 0.25) is 0 Å². The van der Waals surface area contributed by atoms with Crippen LogP contribution in [0.4, 0.5) is 5.69 Å². The summed E-state index contributed by atoms with van der Waals surface area (Å²) in [6, 6.07) is 13.3. The Morgan fingerprint density at radius 1 is 1.05 bits per heavy atom. The lowest BCUT2D eigenvalue weighted by molar-refractivity contribution is 0.0827. The average Bonchev–Trinajstić information content (AvgIpc) is 2.47. The molecule has 0 radical (unpaired) electrons. The predicted octanol–water partition coefficient (Wildman–Crippen LogP) is 2.50. The molecule has 0 bridgehead atoms. The Morgan fingerprint density at radius 2 is 1.68 bits per heavy atom. The van der Waals surface area contributed by atoms with Gasteiger partial charge in [-0.05, 0) is 36.8 Å². The maximum atomic E-state index is 12.5. The van der Waals surface area contributed by atoms with E-state index < -0.39 is 10.0 Å². The average molecular weight is 318 g/mol. The zero-order chi connectivity index (χ0) is 16.3. The van der Waals surface area contributed by atoms with E-state index in [1.165, 1.54) is 11.0 Å². The molecule has 2 rings (SSSR count). The van der Waals surface area contributed by atoms with Crippen molar-refractivity contribution >= 4 is 21.6 Å². The number of rotatable bonds is 4. The van der Waals surface area contributed by atoms with E-state index in [0.29, 0.717) is 16.8 Å². The highest BCUT2D eigenvalue weighted by atomic mass is 32.2. The summed E-state index contributed by atoms with van der Waals surface area (Å²) in [5, 5.41) is 0. The van der Waals surface area contributed by atoms with Crippen LogP contribution < -0.4 is 4.72 Å². The molecule has 6 heteroatoms. The summed E-state index contributed by atoms with van der Waals surface area (Å²) in [6.07, 6.45) is 0. The number of nitrogens with zero attached hydrogens (tertiary/aromatic N) is 1. The maximum absolute atomic E-state index is 12.5.